The number of hydrogen-bond donors (Lipinski definition) is 2. The van der Waals surface area contributed by atoms with Gasteiger partial charge in [-0.05, 0) is 19.3 Å². The number of aliphatic hydroxyl groups excluding tert-OH is 1. The van der Waals surface area contributed by atoms with Crippen molar-refractivity contribution in [3.8, 4) is 0 Å². The van der Waals surface area contributed by atoms with Crippen LogP contribution in [0.3, 0.4) is 0 Å². The number of hydrogen-bond acceptors (Lipinski definition) is 2. The molecule has 0 unspecified atom stereocenters. The Kier molecular flexibility index (Phi) is 1.94. The second-order valence-corrected chi connectivity index (χ2v) is 3.03. The van der Waals surface area contributed by atoms with Gasteiger partial charge in [-0.2, -0.15) is 0 Å². The van der Waals surface area contributed by atoms with Gasteiger partial charge < -0.3 is 10.4 Å². The summed E-state index contributed by atoms with van der Waals surface area (Å²) in [4.78, 5) is 10.8. The van der Waals surface area contributed by atoms with Crippen LogP contribution < -0.4 is 5.32 Å². The van der Waals surface area contributed by atoms with Crippen LogP contribution >= 0.6 is 0 Å². The zero-order valence-corrected chi connectivity index (χ0v) is 6.29. The Balaban J connectivity index is 2.54. The first-order valence-corrected chi connectivity index (χ1v) is 3.59. The quantitative estimate of drug-likeness (QED) is 0.497. The summed E-state index contributed by atoms with van der Waals surface area (Å²) < 4.78 is 0. The van der Waals surface area contributed by atoms with Gasteiger partial charge in [-0.15, -0.1) is 0 Å². The van der Waals surface area contributed by atoms with E-state index >= 15 is 0 Å². The van der Waals surface area contributed by atoms with Crippen molar-refractivity contribution >= 4 is 5.91 Å². The third-order valence-electron chi connectivity index (χ3n) is 2.12. The smallest absolute Gasteiger partial charge is 0.249 e. The van der Waals surface area contributed by atoms with Gasteiger partial charge in [-0.25, -0.2) is 0 Å². The van der Waals surface area contributed by atoms with E-state index in [2.05, 4.69) is 5.32 Å². The van der Waals surface area contributed by atoms with E-state index in [1.54, 1.807) is 0 Å². The normalized spacial score (nSPS) is 41.1. The summed E-state index contributed by atoms with van der Waals surface area (Å²) in [5.74, 6) is 0.151. The Labute approximate surface area is 60.4 Å². The van der Waals surface area contributed by atoms with Crippen molar-refractivity contribution in [3.63, 3.8) is 0 Å². The highest BCUT2D eigenvalue weighted by molar-refractivity contribution is 5.81. The maximum atomic E-state index is 10.8. The third kappa shape index (κ3) is 1.29. The summed E-state index contributed by atoms with van der Waals surface area (Å²) >= 11 is 0. The predicted molar refractivity (Wildman–Crippen MR) is 37.4 cm³/mol. The highest BCUT2D eigenvalue weighted by Crippen LogP contribution is 2.15. The van der Waals surface area contributed by atoms with Gasteiger partial charge in [0, 0.05) is 6.04 Å². The van der Waals surface area contributed by atoms with Crippen LogP contribution in [0.5, 0.6) is 0 Å². The molecule has 3 nitrogen and oxygen atoms in total. The molecule has 58 valence electrons. The van der Waals surface area contributed by atoms with Crippen LogP contribution in [0, 0.1) is 5.92 Å². The van der Waals surface area contributed by atoms with Crippen LogP contribution in [0.2, 0.25) is 0 Å². The molecule has 10 heavy (non-hydrogen) atoms. The Bertz CT molecular complexity index is 147. The molecule has 1 amide bonds. The van der Waals surface area contributed by atoms with Gasteiger partial charge in [0.1, 0.15) is 6.10 Å². The molecule has 1 aliphatic heterocycles. The van der Waals surface area contributed by atoms with Crippen LogP contribution in [0.25, 0.3) is 0 Å². The lowest BCUT2D eigenvalue weighted by atomic mass is 9.92. The average Bonchev–Trinajstić information content (AvgIpc) is 1.84. The first-order valence-electron chi connectivity index (χ1n) is 3.59. The fourth-order valence-corrected chi connectivity index (χ4v) is 1.13. The fourth-order valence-electron chi connectivity index (χ4n) is 1.13. The van der Waals surface area contributed by atoms with Gasteiger partial charge in [-0.1, -0.05) is 6.92 Å². The standard InChI is InChI=1S/C7H13NO2/c1-4-3-6(9)7(10)8-5(4)2/h4-6,9H,3H2,1-2H3,(H,8,10)/t4-,5-,6-/m0/s1. The second kappa shape index (κ2) is 2.58. The number of aliphatic hydroxyl groups is 1. The Morgan fingerprint density at radius 1 is 1.60 bits per heavy atom. The van der Waals surface area contributed by atoms with E-state index in [9.17, 15) is 4.79 Å². The molecule has 3 heteroatoms. The summed E-state index contributed by atoms with van der Waals surface area (Å²) in [6, 6.07) is 0.205. The highest BCUT2D eigenvalue weighted by Gasteiger charge is 2.28. The molecule has 0 aromatic rings. The lowest BCUT2D eigenvalue weighted by molar-refractivity contribution is -0.134. The molecule has 0 saturated carbocycles. The fraction of sp³-hybridized carbons (Fsp3) is 0.857. The molecule has 2 N–H and O–H groups in total. The van der Waals surface area contributed by atoms with E-state index in [-0.39, 0.29) is 11.9 Å². The van der Waals surface area contributed by atoms with Crippen molar-refractivity contribution in [2.24, 2.45) is 5.92 Å². The molecule has 0 aromatic carbocycles. The van der Waals surface area contributed by atoms with Crippen LogP contribution in [0.1, 0.15) is 20.3 Å². The van der Waals surface area contributed by atoms with E-state index in [4.69, 9.17) is 5.11 Å². The van der Waals surface area contributed by atoms with Crippen molar-refractivity contribution in [2.75, 3.05) is 0 Å². The zero-order chi connectivity index (χ0) is 7.72. The van der Waals surface area contributed by atoms with Gasteiger partial charge in [0.15, 0.2) is 0 Å². The molecule has 0 aromatic heterocycles. The molecule has 0 bridgehead atoms. The molecule has 1 heterocycles. The first kappa shape index (κ1) is 7.54. The lowest BCUT2D eigenvalue weighted by Crippen LogP contribution is -2.49. The molecular formula is C7H13NO2. The number of nitrogens with one attached hydrogen (secondary N) is 1. The summed E-state index contributed by atoms with van der Waals surface area (Å²) in [7, 11) is 0. The van der Waals surface area contributed by atoms with Gasteiger partial charge in [-0.3, -0.25) is 4.79 Å². The number of rotatable bonds is 0. The largest absolute Gasteiger partial charge is 0.383 e. The van der Waals surface area contributed by atoms with Crippen molar-refractivity contribution in [2.45, 2.75) is 32.4 Å². The van der Waals surface area contributed by atoms with Gasteiger partial charge in [0.25, 0.3) is 0 Å². The van der Waals surface area contributed by atoms with E-state index in [0.717, 1.165) is 0 Å². The highest BCUT2D eigenvalue weighted by atomic mass is 16.3. The number of piperidine rings is 1. The number of amides is 1. The minimum Gasteiger partial charge on any atom is -0.383 e. The zero-order valence-electron chi connectivity index (χ0n) is 6.29. The molecule has 3 atom stereocenters. The Morgan fingerprint density at radius 3 is 2.70 bits per heavy atom. The molecule has 1 saturated heterocycles. The molecule has 0 spiro atoms. The molecule has 0 aliphatic carbocycles. The van der Waals surface area contributed by atoms with Crippen molar-refractivity contribution in [1.29, 1.82) is 0 Å². The minimum atomic E-state index is -0.786. The van der Waals surface area contributed by atoms with E-state index in [1.807, 2.05) is 13.8 Å². The molecule has 0 radical (unpaired) electrons. The third-order valence-corrected chi connectivity index (χ3v) is 2.12. The van der Waals surface area contributed by atoms with E-state index < -0.39 is 6.10 Å². The maximum Gasteiger partial charge on any atom is 0.249 e. The molecular weight excluding hydrogens is 130 g/mol. The maximum absolute atomic E-state index is 10.8. The topological polar surface area (TPSA) is 49.3 Å². The first-order chi connectivity index (χ1) is 4.61. The van der Waals surface area contributed by atoms with Crippen molar-refractivity contribution in [1.82, 2.24) is 5.32 Å². The summed E-state index contributed by atoms with van der Waals surface area (Å²) in [5, 5.41) is 11.7. The average molecular weight is 143 g/mol. The summed E-state index contributed by atoms with van der Waals surface area (Å²) in [5.41, 5.74) is 0. The SMILES string of the molecule is C[C@@H]1NC(=O)[C@@H](O)C[C@@H]1C. The van der Waals surface area contributed by atoms with E-state index in [1.165, 1.54) is 0 Å². The monoisotopic (exact) mass is 143 g/mol. The van der Waals surface area contributed by atoms with Gasteiger partial charge in [0.2, 0.25) is 5.91 Å². The molecule has 1 rings (SSSR count). The summed E-state index contributed by atoms with van der Waals surface area (Å²) in [6.45, 7) is 3.97. The number of carbonyl (C=O) groups excluding carboxylic acids is 1. The van der Waals surface area contributed by atoms with Crippen LogP contribution in [0.15, 0.2) is 0 Å². The second-order valence-electron chi connectivity index (χ2n) is 3.03. The minimum absolute atomic E-state index is 0.205. The van der Waals surface area contributed by atoms with E-state index in [0.29, 0.717) is 12.3 Å². The Morgan fingerprint density at radius 2 is 2.20 bits per heavy atom. The molecule has 1 aliphatic rings. The van der Waals surface area contributed by atoms with Gasteiger partial charge >= 0.3 is 0 Å². The Hall–Kier alpha value is -0.570. The van der Waals surface area contributed by atoms with Crippen LogP contribution in [0.4, 0.5) is 0 Å². The van der Waals surface area contributed by atoms with Crippen molar-refractivity contribution in [3.05, 3.63) is 0 Å². The van der Waals surface area contributed by atoms with Crippen LogP contribution in [-0.2, 0) is 4.79 Å². The molecule has 1 fully saturated rings. The van der Waals surface area contributed by atoms with Gasteiger partial charge in [0.05, 0.1) is 0 Å². The predicted octanol–water partition coefficient (Wildman–Crippen LogP) is -0.108. The summed E-state index contributed by atoms with van der Waals surface area (Å²) in [6.07, 6.45) is -0.196. The van der Waals surface area contributed by atoms with Crippen molar-refractivity contribution < 1.29 is 9.90 Å². The lowest BCUT2D eigenvalue weighted by Gasteiger charge is -2.29. The number of carbonyl (C=O) groups is 1. The van der Waals surface area contributed by atoms with Crippen LogP contribution in [-0.4, -0.2) is 23.2 Å².